The number of carboxylic acid groups (broad SMARTS) is 1. The molecule has 0 aromatic heterocycles. The van der Waals surface area contributed by atoms with E-state index in [4.69, 9.17) is 5.11 Å². The normalized spacial score (nSPS) is 11.8. The van der Waals surface area contributed by atoms with Gasteiger partial charge in [0.1, 0.15) is 0 Å². The lowest BCUT2D eigenvalue weighted by atomic mass is 9.81. The second-order valence-corrected chi connectivity index (χ2v) is 8.33. The van der Waals surface area contributed by atoms with Gasteiger partial charge in [-0.3, -0.25) is 4.79 Å². The molecule has 0 aliphatic rings. The first-order valence-electron chi connectivity index (χ1n) is 10.7. The third-order valence-corrected chi connectivity index (χ3v) is 5.39. The van der Waals surface area contributed by atoms with E-state index >= 15 is 0 Å². The molecule has 0 aliphatic heterocycles. The van der Waals surface area contributed by atoms with Crippen LogP contribution in [-0.2, 0) is 4.79 Å². The third-order valence-electron chi connectivity index (χ3n) is 5.39. The van der Waals surface area contributed by atoms with Gasteiger partial charge in [-0.1, -0.05) is 98.3 Å². The van der Waals surface area contributed by atoms with Crippen LogP contribution in [0.5, 0.6) is 0 Å². The van der Waals surface area contributed by atoms with Crippen LogP contribution in [0, 0.1) is 17.8 Å². The van der Waals surface area contributed by atoms with Gasteiger partial charge < -0.3 is 5.11 Å². The molecular weight excluding hydrogens is 296 g/mol. The first kappa shape index (κ1) is 23.5. The van der Waals surface area contributed by atoms with Crippen molar-refractivity contribution in [2.24, 2.45) is 17.8 Å². The molecule has 2 heteroatoms. The summed E-state index contributed by atoms with van der Waals surface area (Å²) in [6, 6.07) is 0. The first-order chi connectivity index (χ1) is 11.4. The van der Waals surface area contributed by atoms with E-state index in [1.54, 1.807) is 0 Å². The molecule has 24 heavy (non-hydrogen) atoms. The Labute approximate surface area is 151 Å². The summed E-state index contributed by atoms with van der Waals surface area (Å²) in [6.45, 7) is 9.49. The molecule has 2 nitrogen and oxygen atoms in total. The Kier molecular flexibility index (Phi) is 15.6. The van der Waals surface area contributed by atoms with Gasteiger partial charge in [-0.25, -0.2) is 0 Å². The second-order valence-electron chi connectivity index (χ2n) is 8.33. The van der Waals surface area contributed by atoms with Gasteiger partial charge in [0.2, 0.25) is 0 Å². The maximum atomic E-state index is 10.4. The standard InChI is InChI=1S/C22H44O2/c1-19(2)21(20(3)4)17-15-13-11-9-7-5-6-8-10-12-14-16-18-22(23)24/h19-21H,5-18H2,1-4H3,(H,23,24). The summed E-state index contributed by atoms with van der Waals surface area (Å²) >= 11 is 0. The molecular formula is C22H44O2. The van der Waals surface area contributed by atoms with E-state index in [9.17, 15) is 4.79 Å². The highest BCUT2D eigenvalue weighted by Crippen LogP contribution is 2.26. The topological polar surface area (TPSA) is 37.3 Å². The van der Waals surface area contributed by atoms with Crippen molar-refractivity contribution in [3.63, 3.8) is 0 Å². The Balaban J connectivity index is 3.24. The summed E-state index contributed by atoms with van der Waals surface area (Å²) in [6.07, 6.45) is 17.3. The molecule has 0 aromatic rings. The minimum absolute atomic E-state index is 0.342. The average molecular weight is 341 g/mol. The van der Waals surface area contributed by atoms with Crippen LogP contribution in [0.3, 0.4) is 0 Å². The number of carbonyl (C=O) groups is 1. The maximum Gasteiger partial charge on any atom is 0.303 e. The molecule has 0 saturated heterocycles. The number of rotatable bonds is 17. The van der Waals surface area contributed by atoms with Gasteiger partial charge >= 0.3 is 5.97 Å². The molecule has 0 heterocycles. The smallest absolute Gasteiger partial charge is 0.303 e. The maximum absolute atomic E-state index is 10.4. The highest BCUT2D eigenvalue weighted by molar-refractivity contribution is 5.66. The zero-order chi connectivity index (χ0) is 18.2. The molecule has 0 rings (SSSR count). The van der Waals surface area contributed by atoms with Crippen LogP contribution in [0.2, 0.25) is 0 Å². The van der Waals surface area contributed by atoms with Crippen molar-refractivity contribution in [3.05, 3.63) is 0 Å². The van der Waals surface area contributed by atoms with Crippen molar-refractivity contribution in [3.8, 4) is 0 Å². The molecule has 0 spiro atoms. The van der Waals surface area contributed by atoms with Crippen molar-refractivity contribution >= 4 is 5.97 Å². The van der Waals surface area contributed by atoms with Crippen LogP contribution in [0.25, 0.3) is 0 Å². The molecule has 0 saturated carbocycles. The highest BCUT2D eigenvalue weighted by Gasteiger charge is 2.16. The Morgan fingerprint density at radius 2 is 0.958 bits per heavy atom. The number of unbranched alkanes of at least 4 members (excludes halogenated alkanes) is 11. The molecule has 0 amide bonds. The van der Waals surface area contributed by atoms with Gasteiger partial charge in [0.25, 0.3) is 0 Å². The predicted molar refractivity (Wildman–Crippen MR) is 105 cm³/mol. The molecule has 144 valence electrons. The van der Waals surface area contributed by atoms with E-state index in [-0.39, 0.29) is 0 Å². The highest BCUT2D eigenvalue weighted by atomic mass is 16.4. The van der Waals surface area contributed by atoms with Crippen LogP contribution in [0.15, 0.2) is 0 Å². The SMILES string of the molecule is CC(C)C(CCCCCCCCCCCCCCC(=O)O)C(C)C. The Hall–Kier alpha value is -0.530. The van der Waals surface area contributed by atoms with E-state index in [1.165, 1.54) is 70.6 Å². The summed E-state index contributed by atoms with van der Waals surface area (Å²) in [5.74, 6) is 1.91. The van der Waals surface area contributed by atoms with Crippen molar-refractivity contribution in [2.45, 2.75) is 118 Å². The van der Waals surface area contributed by atoms with Crippen LogP contribution in [0.1, 0.15) is 118 Å². The molecule has 0 bridgehead atoms. The van der Waals surface area contributed by atoms with Gasteiger partial charge in [0.05, 0.1) is 0 Å². The predicted octanol–water partition coefficient (Wildman–Crippen LogP) is 7.46. The second kappa shape index (κ2) is 16.0. The van der Waals surface area contributed by atoms with E-state index in [1.807, 2.05) is 0 Å². The zero-order valence-electron chi connectivity index (χ0n) is 17.0. The minimum Gasteiger partial charge on any atom is -0.481 e. The third kappa shape index (κ3) is 15.0. The van der Waals surface area contributed by atoms with Gasteiger partial charge in [-0.05, 0) is 30.6 Å². The van der Waals surface area contributed by atoms with Crippen molar-refractivity contribution < 1.29 is 9.90 Å². The first-order valence-corrected chi connectivity index (χ1v) is 10.7. The lowest BCUT2D eigenvalue weighted by Gasteiger charge is -2.24. The molecule has 0 atom stereocenters. The zero-order valence-corrected chi connectivity index (χ0v) is 17.0. The molecule has 0 aromatic carbocycles. The molecule has 0 radical (unpaired) electrons. The van der Waals surface area contributed by atoms with Crippen LogP contribution in [-0.4, -0.2) is 11.1 Å². The summed E-state index contributed by atoms with van der Waals surface area (Å²) in [4.78, 5) is 10.4. The van der Waals surface area contributed by atoms with Gasteiger partial charge in [0.15, 0.2) is 0 Å². The minimum atomic E-state index is -0.654. The molecule has 0 unspecified atom stereocenters. The van der Waals surface area contributed by atoms with Crippen LogP contribution in [0.4, 0.5) is 0 Å². The van der Waals surface area contributed by atoms with Gasteiger partial charge in [0, 0.05) is 6.42 Å². The fraction of sp³-hybridized carbons (Fsp3) is 0.955. The fourth-order valence-corrected chi connectivity index (χ4v) is 3.86. The lowest BCUT2D eigenvalue weighted by Crippen LogP contribution is -2.15. The Morgan fingerprint density at radius 1 is 0.625 bits per heavy atom. The van der Waals surface area contributed by atoms with E-state index in [2.05, 4.69) is 27.7 Å². The van der Waals surface area contributed by atoms with Crippen molar-refractivity contribution in [2.75, 3.05) is 0 Å². The molecule has 0 fully saturated rings. The largest absolute Gasteiger partial charge is 0.481 e. The van der Waals surface area contributed by atoms with E-state index in [0.29, 0.717) is 6.42 Å². The number of aliphatic carboxylic acids is 1. The molecule has 1 N–H and O–H groups in total. The number of hydrogen-bond donors (Lipinski definition) is 1. The lowest BCUT2D eigenvalue weighted by molar-refractivity contribution is -0.137. The molecule has 0 aliphatic carbocycles. The van der Waals surface area contributed by atoms with E-state index < -0.39 is 5.97 Å². The van der Waals surface area contributed by atoms with Crippen molar-refractivity contribution in [1.29, 1.82) is 0 Å². The van der Waals surface area contributed by atoms with Crippen LogP contribution >= 0.6 is 0 Å². The van der Waals surface area contributed by atoms with Crippen molar-refractivity contribution in [1.82, 2.24) is 0 Å². The van der Waals surface area contributed by atoms with Crippen LogP contribution < -0.4 is 0 Å². The Bertz CT molecular complexity index is 276. The average Bonchev–Trinajstić information content (AvgIpc) is 2.50. The summed E-state index contributed by atoms with van der Waals surface area (Å²) in [5, 5.41) is 8.57. The fourth-order valence-electron chi connectivity index (χ4n) is 3.86. The quantitative estimate of drug-likeness (QED) is 0.279. The van der Waals surface area contributed by atoms with Gasteiger partial charge in [-0.15, -0.1) is 0 Å². The summed E-state index contributed by atoms with van der Waals surface area (Å²) in [7, 11) is 0. The number of carboxylic acids is 1. The Morgan fingerprint density at radius 3 is 1.29 bits per heavy atom. The summed E-state index contributed by atoms with van der Waals surface area (Å²) < 4.78 is 0. The summed E-state index contributed by atoms with van der Waals surface area (Å²) in [5.41, 5.74) is 0. The van der Waals surface area contributed by atoms with Gasteiger partial charge in [-0.2, -0.15) is 0 Å². The monoisotopic (exact) mass is 340 g/mol. The van der Waals surface area contributed by atoms with E-state index in [0.717, 1.165) is 30.6 Å². The number of hydrogen-bond acceptors (Lipinski definition) is 1.